The SMILES string of the molecule is Nc1cc2ccccc2cc1C(=O)c1cncc(F)c1. The molecule has 20 heavy (non-hydrogen) atoms. The van der Waals surface area contributed by atoms with Crippen LogP contribution in [-0.4, -0.2) is 10.8 Å². The quantitative estimate of drug-likeness (QED) is 0.572. The summed E-state index contributed by atoms with van der Waals surface area (Å²) in [5, 5.41) is 1.87. The number of rotatable bonds is 2. The number of hydrogen-bond donors (Lipinski definition) is 1. The maximum atomic E-state index is 13.2. The number of aromatic nitrogens is 1. The average Bonchev–Trinajstić information content (AvgIpc) is 2.46. The molecule has 2 aromatic carbocycles. The number of nitrogens with two attached hydrogens (primary N) is 1. The number of carbonyl (C=O) groups is 1. The molecule has 0 aliphatic rings. The van der Waals surface area contributed by atoms with Gasteiger partial charge in [0.05, 0.1) is 6.20 Å². The highest BCUT2D eigenvalue weighted by Gasteiger charge is 2.14. The highest BCUT2D eigenvalue weighted by atomic mass is 19.1. The van der Waals surface area contributed by atoms with Gasteiger partial charge in [-0.15, -0.1) is 0 Å². The number of fused-ring (bicyclic) bond motifs is 1. The first kappa shape index (κ1) is 12.3. The van der Waals surface area contributed by atoms with Gasteiger partial charge in [-0.25, -0.2) is 4.39 Å². The number of nitrogens with zero attached hydrogens (tertiary/aromatic N) is 1. The van der Waals surface area contributed by atoms with E-state index in [1.54, 1.807) is 12.1 Å². The van der Waals surface area contributed by atoms with Crippen molar-refractivity contribution in [2.24, 2.45) is 0 Å². The molecular formula is C16H11FN2O. The normalized spacial score (nSPS) is 10.7. The Morgan fingerprint density at radius 1 is 1.05 bits per heavy atom. The van der Waals surface area contributed by atoms with Crippen LogP contribution in [0.25, 0.3) is 10.8 Å². The predicted molar refractivity (Wildman–Crippen MR) is 76.0 cm³/mol. The van der Waals surface area contributed by atoms with Gasteiger partial charge >= 0.3 is 0 Å². The molecule has 0 radical (unpaired) electrons. The number of benzene rings is 2. The topological polar surface area (TPSA) is 56.0 Å². The van der Waals surface area contributed by atoms with Crippen molar-refractivity contribution in [3.05, 3.63) is 71.8 Å². The zero-order valence-electron chi connectivity index (χ0n) is 10.5. The van der Waals surface area contributed by atoms with Crippen molar-refractivity contribution in [1.82, 2.24) is 4.98 Å². The summed E-state index contributed by atoms with van der Waals surface area (Å²) in [7, 11) is 0. The molecule has 2 N–H and O–H groups in total. The second kappa shape index (κ2) is 4.74. The molecule has 0 saturated heterocycles. The molecule has 4 heteroatoms. The minimum Gasteiger partial charge on any atom is -0.398 e. The average molecular weight is 266 g/mol. The number of carbonyl (C=O) groups excluding carboxylic acids is 1. The molecule has 0 atom stereocenters. The van der Waals surface area contributed by atoms with Crippen LogP contribution in [0.5, 0.6) is 0 Å². The molecule has 0 amide bonds. The number of anilines is 1. The maximum Gasteiger partial charge on any atom is 0.196 e. The zero-order chi connectivity index (χ0) is 14.1. The van der Waals surface area contributed by atoms with E-state index in [-0.39, 0.29) is 11.3 Å². The lowest BCUT2D eigenvalue weighted by atomic mass is 9.99. The number of hydrogen-bond acceptors (Lipinski definition) is 3. The van der Waals surface area contributed by atoms with Gasteiger partial charge in [-0.3, -0.25) is 9.78 Å². The summed E-state index contributed by atoms with van der Waals surface area (Å²) in [6.07, 6.45) is 2.39. The van der Waals surface area contributed by atoms with Crippen LogP contribution in [0.3, 0.4) is 0 Å². The summed E-state index contributed by atoms with van der Waals surface area (Å²) in [4.78, 5) is 16.1. The minimum absolute atomic E-state index is 0.187. The molecule has 0 bridgehead atoms. The summed E-state index contributed by atoms with van der Waals surface area (Å²) in [6.45, 7) is 0. The summed E-state index contributed by atoms with van der Waals surface area (Å²) < 4.78 is 13.2. The van der Waals surface area contributed by atoms with Crippen LogP contribution in [0.2, 0.25) is 0 Å². The second-order valence-electron chi connectivity index (χ2n) is 4.51. The van der Waals surface area contributed by atoms with Crippen molar-refractivity contribution in [2.45, 2.75) is 0 Å². The Morgan fingerprint density at radius 2 is 1.75 bits per heavy atom. The summed E-state index contributed by atoms with van der Waals surface area (Å²) in [6, 6.07) is 12.2. The van der Waals surface area contributed by atoms with E-state index in [2.05, 4.69) is 4.98 Å². The van der Waals surface area contributed by atoms with Crippen LogP contribution in [0.1, 0.15) is 15.9 Å². The zero-order valence-corrected chi connectivity index (χ0v) is 10.5. The van der Waals surface area contributed by atoms with Gasteiger partial charge < -0.3 is 5.73 Å². The first-order valence-electron chi connectivity index (χ1n) is 6.08. The molecule has 3 rings (SSSR count). The predicted octanol–water partition coefficient (Wildman–Crippen LogP) is 3.19. The third-order valence-electron chi connectivity index (χ3n) is 3.13. The van der Waals surface area contributed by atoms with Crippen molar-refractivity contribution >= 4 is 22.2 Å². The largest absolute Gasteiger partial charge is 0.398 e. The lowest BCUT2D eigenvalue weighted by Gasteiger charge is -2.07. The van der Waals surface area contributed by atoms with Crippen molar-refractivity contribution in [3.8, 4) is 0 Å². The maximum absolute atomic E-state index is 13.2. The van der Waals surface area contributed by atoms with E-state index in [0.717, 1.165) is 23.0 Å². The fraction of sp³-hybridized carbons (Fsp3) is 0. The van der Waals surface area contributed by atoms with E-state index < -0.39 is 5.82 Å². The molecule has 1 heterocycles. The lowest BCUT2D eigenvalue weighted by molar-refractivity contribution is 0.103. The molecule has 0 fully saturated rings. The molecule has 0 spiro atoms. The number of halogens is 1. The molecule has 0 aliphatic carbocycles. The van der Waals surface area contributed by atoms with Crippen LogP contribution in [0.15, 0.2) is 54.9 Å². The van der Waals surface area contributed by atoms with Crippen LogP contribution >= 0.6 is 0 Å². The Labute approximate surface area is 114 Å². The van der Waals surface area contributed by atoms with Gasteiger partial charge in [-0.1, -0.05) is 24.3 Å². The molecule has 3 aromatic rings. The van der Waals surface area contributed by atoms with Gasteiger partial charge in [0, 0.05) is 23.0 Å². The van der Waals surface area contributed by atoms with Crippen molar-refractivity contribution in [3.63, 3.8) is 0 Å². The smallest absolute Gasteiger partial charge is 0.196 e. The molecular weight excluding hydrogens is 255 g/mol. The van der Waals surface area contributed by atoms with Gasteiger partial charge in [-0.2, -0.15) is 0 Å². The summed E-state index contributed by atoms with van der Waals surface area (Å²) in [5.74, 6) is -0.879. The van der Waals surface area contributed by atoms with E-state index in [4.69, 9.17) is 5.73 Å². The van der Waals surface area contributed by atoms with Crippen LogP contribution in [0, 0.1) is 5.82 Å². The van der Waals surface area contributed by atoms with Crippen molar-refractivity contribution < 1.29 is 9.18 Å². The third kappa shape index (κ3) is 2.12. The summed E-state index contributed by atoms with van der Waals surface area (Å²) in [5.41, 5.74) is 6.85. The van der Waals surface area contributed by atoms with E-state index in [1.165, 1.54) is 6.20 Å². The molecule has 98 valence electrons. The fourth-order valence-corrected chi connectivity index (χ4v) is 2.15. The Morgan fingerprint density at radius 3 is 2.45 bits per heavy atom. The minimum atomic E-state index is -0.546. The van der Waals surface area contributed by atoms with Gasteiger partial charge in [0.25, 0.3) is 0 Å². The van der Waals surface area contributed by atoms with E-state index in [1.807, 2.05) is 24.3 Å². The molecule has 0 saturated carbocycles. The third-order valence-corrected chi connectivity index (χ3v) is 3.13. The van der Waals surface area contributed by atoms with E-state index in [0.29, 0.717) is 11.3 Å². The highest BCUT2D eigenvalue weighted by Crippen LogP contribution is 2.24. The van der Waals surface area contributed by atoms with E-state index in [9.17, 15) is 9.18 Å². The Bertz CT molecular complexity index is 814. The van der Waals surface area contributed by atoms with Gasteiger partial charge in [0.15, 0.2) is 5.78 Å². The van der Waals surface area contributed by atoms with Gasteiger partial charge in [-0.05, 0) is 29.0 Å². The van der Waals surface area contributed by atoms with Crippen LogP contribution in [-0.2, 0) is 0 Å². The second-order valence-corrected chi connectivity index (χ2v) is 4.51. The number of nitrogen functional groups attached to an aromatic ring is 1. The lowest BCUT2D eigenvalue weighted by Crippen LogP contribution is -2.06. The number of ketones is 1. The van der Waals surface area contributed by atoms with Crippen LogP contribution in [0.4, 0.5) is 10.1 Å². The molecule has 0 unspecified atom stereocenters. The standard InChI is InChI=1S/C16H11FN2O/c17-13-5-12(8-19-9-13)16(20)14-6-10-3-1-2-4-11(10)7-15(14)18/h1-9H,18H2. The highest BCUT2D eigenvalue weighted by molar-refractivity contribution is 6.14. The molecule has 3 nitrogen and oxygen atoms in total. The first-order valence-corrected chi connectivity index (χ1v) is 6.08. The van der Waals surface area contributed by atoms with Gasteiger partial charge in [0.1, 0.15) is 5.82 Å². The Kier molecular flexibility index (Phi) is 2.91. The van der Waals surface area contributed by atoms with E-state index >= 15 is 0 Å². The Hall–Kier alpha value is -2.75. The molecule has 1 aromatic heterocycles. The Balaban J connectivity index is 2.14. The van der Waals surface area contributed by atoms with Crippen LogP contribution < -0.4 is 5.73 Å². The summed E-state index contributed by atoms with van der Waals surface area (Å²) >= 11 is 0. The number of pyridine rings is 1. The first-order chi connectivity index (χ1) is 9.65. The van der Waals surface area contributed by atoms with Crippen molar-refractivity contribution in [2.75, 3.05) is 5.73 Å². The molecule has 0 aliphatic heterocycles. The van der Waals surface area contributed by atoms with Gasteiger partial charge in [0.2, 0.25) is 0 Å². The van der Waals surface area contributed by atoms with Crippen molar-refractivity contribution in [1.29, 1.82) is 0 Å². The monoisotopic (exact) mass is 266 g/mol. The fourth-order valence-electron chi connectivity index (χ4n) is 2.15.